The van der Waals surface area contributed by atoms with Gasteiger partial charge in [0, 0.05) is 19.5 Å². The predicted octanol–water partition coefficient (Wildman–Crippen LogP) is 1.98. The van der Waals surface area contributed by atoms with Crippen molar-refractivity contribution in [3.05, 3.63) is 0 Å². The Bertz CT molecular complexity index is 228. The summed E-state index contributed by atoms with van der Waals surface area (Å²) in [5.74, 6) is -0.254. The van der Waals surface area contributed by atoms with Crippen LogP contribution in [-0.2, 0) is 4.79 Å². The Kier molecular flexibility index (Phi) is 9.19. The van der Waals surface area contributed by atoms with Crippen molar-refractivity contribution in [1.29, 1.82) is 0 Å². The maximum atomic E-state index is 11.3. The normalized spacial score (nSPS) is 10.3. The van der Waals surface area contributed by atoms with Crippen LogP contribution in [0.4, 0.5) is 4.79 Å². The van der Waals surface area contributed by atoms with Gasteiger partial charge in [0.25, 0.3) is 0 Å². The van der Waals surface area contributed by atoms with Crippen LogP contribution in [0.15, 0.2) is 0 Å². The molecule has 100 valence electrons. The molecule has 0 radical (unpaired) electrons. The number of hydrogen-bond acceptors (Lipinski definition) is 2. The molecule has 0 saturated heterocycles. The smallest absolute Gasteiger partial charge is 0.314 e. The standard InChI is InChI=1S/C12H24N2O3/c1-3-10(4-2)9-14-12(17)13-8-6-5-7-11(15)16/h10H,3-9H2,1-2H3,(H,15,16)(H2,13,14,17). The molecule has 17 heavy (non-hydrogen) atoms. The molecule has 0 aliphatic carbocycles. The highest BCUT2D eigenvalue weighted by atomic mass is 16.4. The van der Waals surface area contributed by atoms with Crippen LogP contribution in [0.5, 0.6) is 0 Å². The number of unbranched alkanes of at least 4 members (excludes halogenated alkanes) is 1. The van der Waals surface area contributed by atoms with Crippen molar-refractivity contribution in [3.63, 3.8) is 0 Å². The first kappa shape index (κ1) is 15.7. The van der Waals surface area contributed by atoms with E-state index in [9.17, 15) is 9.59 Å². The molecule has 0 aromatic heterocycles. The SMILES string of the molecule is CCC(CC)CNC(=O)NCCCCC(=O)O. The molecule has 0 heterocycles. The van der Waals surface area contributed by atoms with Crippen molar-refractivity contribution in [3.8, 4) is 0 Å². The van der Waals surface area contributed by atoms with E-state index in [1.807, 2.05) is 0 Å². The summed E-state index contributed by atoms with van der Waals surface area (Å²) < 4.78 is 0. The van der Waals surface area contributed by atoms with Gasteiger partial charge in [-0.2, -0.15) is 0 Å². The fourth-order valence-electron chi connectivity index (χ4n) is 1.48. The molecule has 5 heteroatoms. The molecule has 0 aliphatic rings. The highest BCUT2D eigenvalue weighted by Gasteiger charge is 2.05. The van der Waals surface area contributed by atoms with Gasteiger partial charge in [-0.1, -0.05) is 26.7 Å². The van der Waals surface area contributed by atoms with Crippen molar-refractivity contribution < 1.29 is 14.7 Å². The number of nitrogens with one attached hydrogen (secondary N) is 2. The number of carboxylic acids is 1. The summed E-state index contributed by atoms with van der Waals surface area (Å²) in [4.78, 5) is 21.6. The van der Waals surface area contributed by atoms with E-state index in [0.29, 0.717) is 31.8 Å². The van der Waals surface area contributed by atoms with E-state index in [1.54, 1.807) is 0 Å². The van der Waals surface area contributed by atoms with Gasteiger partial charge in [-0.05, 0) is 18.8 Å². The average Bonchev–Trinajstić information content (AvgIpc) is 2.29. The Morgan fingerprint density at radius 1 is 1.12 bits per heavy atom. The lowest BCUT2D eigenvalue weighted by Crippen LogP contribution is -2.38. The van der Waals surface area contributed by atoms with Gasteiger partial charge >= 0.3 is 12.0 Å². The Balaban J connectivity index is 3.43. The molecule has 0 atom stereocenters. The second-order valence-corrected chi connectivity index (χ2v) is 4.17. The fourth-order valence-corrected chi connectivity index (χ4v) is 1.48. The van der Waals surface area contributed by atoms with Gasteiger partial charge in [-0.15, -0.1) is 0 Å². The zero-order valence-electron chi connectivity index (χ0n) is 10.8. The van der Waals surface area contributed by atoms with Gasteiger partial charge < -0.3 is 15.7 Å². The number of carbonyl (C=O) groups is 2. The second-order valence-electron chi connectivity index (χ2n) is 4.17. The molecule has 0 rings (SSSR count). The summed E-state index contributed by atoms with van der Waals surface area (Å²) in [5, 5.41) is 14.0. The second kappa shape index (κ2) is 9.93. The van der Waals surface area contributed by atoms with E-state index in [-0.39, 0.29) is 12.5 Å². The van der Waals surface area contributed by atoms with Crippen LogP contribution in [0.3, 0.4) is 0 Å². The maximum absolute atomic E-state index is 11.3. The predicted molar refractivity (Wildman–Crippen MR) is 67.0 cm³/mol. The van der Waals surface area contributed by atoms with Crippen molar-refractivity contribution in [2.75, 3.05) is 13.1 Å². The van der Waals surface area contributed by atoms with E-state index >= 15 is 0 Å². The van der Waals surface area contributed by atoms with Gasteiger partial charge in [0.1, 0.15) is 0 Å². The number of urea groups is 1. The zero-order chi connectivity index (χ0) is 13.1. The Morgan fingerprint density at radius 2 is 1.76 bits per heavy atom. The van der Waals surface area contributed by atoms with E-state index in [1.165, 1.54) is 0 Å². The van der Waals surface area contributed by atoms with Crippen molar-refractivity contribution in [2.24, 2.45) is 5.92 Å². The molecule has 5 nitrogen and oxygen atoms in total. The van der Waals surface area contributed by atoms with Gasteiger partial charge in [0.05, 0.1) is 0 Å². The largest absolute Gasteiger partial charge is 0.481 e. The number of aliphatic carboxylic acids is 1. The van der Waals surface area contributed by atoms with Crippen LogP contribution in [0, 0.1) is 5.92 Å². The molecule has 3 N–H and O–H groups in total. The summed E-state index contributed by atoms with van der Waals surface area (Å²) in [6.07, 6.45) is 3.59. The van der Waals surface area contributed by atoms with Gasteiger partial charge in [0.15, 0.2) is 0 Å². The minimum absolute atomic E-state index is 0.160. The first-order valence-corrected chi connectivity index (χ1v) is 6.33. The van der Waals surface area contributed by atoms with E-state index in [0.717, 1.165) is 12.8 Å². The van der Waals surface area contributed by atoms with E-state index < -0.39 is 5.97 Å². The Morgan fingerprint density at radius 3 is 2.29 bits per heavy atom. The minimum atomic E-state index is -0.789. The van der Waals surface area contributed by atoms with Crippen LogP contribution in [0.1, 0.15) is 46.0 Å². The minimum Gasteiger partial charge on any atom is -0.481 e. The third-order valence-corrected chi connectivity index (χ3v) is 2.81. The van der Waals surface area contributed by atoms with Crippen molar-refractivity contribution in [2.45, 2.75) is 46.0 Å². The molecule has 0 unspecified atom stereocenters. The summed E-state index contributed by atoms with van der Waals surface area (Å²) in [6, 6.07) is -0.160. The van der Waals surface area contributed by atoms with Gasteiger partial charge in [0.2, 0.25) is 0 Å². The summed E-state index contributed by atoms with van der Waals surface area (Å²) in [5.41, 5.74) is 0. The molecule has 0 saturated carbocycles. The topological polar surface area (TPSA) is 78.4 Å². The number of rotatable bonds is 9. The highest BCUT2D eigenvalue weighted by molar-refractivity contribution is 5.73. The molecular formula is C12H24N2O3. The van der Waals surface area contributed by atoms with Gasteiger partial charge in [-0.25, -0.2) is 4.79 Å². The number of hydrogen-bond donors (Lipinski definition) is 3. The Labute approximate surface area is 103 Å². The molecule has 2 amide bonds. The first-order valence-electron chi connectivity index (χ1n) is 6.33. The number of amides is 2. The summed E-state index contributed by atoms with van der Waals surface area (Å²) in [7, 11) is 0. The van der Waals surface area contributed by atoms with Gasteiger partial charge in [-0.3, -0.25) is 4.79 Å². The molecule has 0 aromatic rings. The molecule has 0 spiro atoms. The lowest BCUT2D eigenvalue weighted by molar-refractivity contribution is -0.137. The molecular weight excluding hydrogens is 220 g/mol. The monoisotopic (exact) mass is 244 g/mol. The highest BCUT2D eigenvalue weighted by Crippen LogP contribution is 2.04. The lowest BCUT2D eigenvalue weighted by Gasteiger charge is -2.13. The number of carbonyl (C=O) groups excluding carboxylic acids is 1. The van der Waals surface area contributed by atoms with Crippen molar-refractivity contribution >= 4 is 12.0 Å². The zero-order valence-corrected chi connectivity index (χ0v) is 10.8. The summed E-state index contributed by atoms with van der Waals surface area (Å²) >= 11 is 0. The first-order chi connectivity index (χ1) is 8.10. The summed E-state index contributed by atoms with van der Waals surface area (Å²) in [6.45, 7) is 5.45. The lowest BCUT2D eigenvalue weighted by atomic mass is 10.0. The quantitative estimate of drug-likeness (QED) is 0.543. The van der Waals surface area contributed by atoms with E-state index in [4.69, 9.17) is 5.11 Å². The van der Waals surface area contributed by atoms with Crippen LogP contribution < -0.4 is 10.6 Å². The van der Waals surface area contributed by atoms with Crippen LogP contribution in [0.25, 0.3) is 0 Å². The van der Waals surface area contributed by atoms with Crippen LogP contribution in [-0.4, -0.2) is 30.2 Å². The molecule has 0 aliphatic heterocycles. The third-order valence-electron chi connectivity index (χ3n) is 2.81. The van der Waals surface area contributed by atoms with Crippen molar-refractivity contribution in [1.82, 2.24) is 10.6 Å². The fraction of sp³-hybridized carbons (Fsp3) is 0.833. The van der Waals surface area contributed by atoms with Crippen LogP contribution >= 0.6 is 0 Å². The molecule has 0 aromatic carbocycles. The molecule has 0 bridgehead atoms. The maximum Gasteiger partial charge on any atom is 0.314 e. The average molecular weight is 244 g/mol. The van der Waals surface area contributed by atoms with Crippen LogP contribution in [0.2, 0.25) is 0 Å². The van der Waals surface area contributed by atoms with E-state index in [2.05, 4.69) is 24.5 Å². The Hall–Kier alpha value is -1.26. The molecule has 0 fully saturated rings. The number of carboxylic acid groups (broad SMARTS) is 1. The third kappa shape index (κ3) is 9.66.